The minimum atomic E-state index is -0.707. The van der Waals surface area contributed by atoms with E-state index in [4.69, 9.17) is 10.5 Å². The van der Waals surface area contributed by atoms with Crippen molar-refractivity contribution in [2.24, 2.45) is 5.73 Å². The van der Waals surface area contributed by atoms with Crippen LogP contribution in [-0.4, -0.2) is 13.0 Å². The van der Waals surface area contributed by atoms with Crippen molar-refractivity contribution >= 4 is 11.6 Å². The van der Waals surface area contributed by atoms with Crippen LogP contribution in [0.5, 0.6) is 0 Å². The van der Waals surface area contributed by atoms with Gasteiger partial charge in [-0.1, -0.05) is 24.3 Å². The van der Waals surface area contributed by atoms with E-state index in [2.05, 4.69) is 5.32 Å². The third-order valence-corrected chi connectivity index (χ3v) is 3.11. The number of carbonyl (C=O) groups excluding carboxylic acids is 1. The van der Waals surface area contributed by atoms with Crippen molar-refractivity contribution in [2.45, 2.75) is 12.6 Å². The lowest BCUT2D eigenvalue weighted by atomic mass is 10.00. The molecule has 0 aliphatic rings. The van der Waals surface area contributed by atoms with Crippen LogP contribution >= 0.6 is 0 Å². The van der Waals surface area contributed by atoms with Crippen molar-refractivity contribution < 1.29 is 13.9 Å². The lowest BCUT2D eigenvalue weighted by Gasteiger charge is -2.20. The van der Waals surface area contributed by atoms with Crippen LogP contribution in [0.2, 0.25) is 0 Å². The SMILES string of the molecule is COCc1ccccc1C(Nc1ccc(F)cc1)C(N)=O. The third-order valence-electron chi connectivity index (χ3n) is 3.11. The second-order valence-corrected chi connectivity index (χ2v) is 4.62. The highest BCUT2D eigenvalue weighted by Crippen LogP contribution is 2.23. The molecule has 2 aromatic rings. The summed E-state index contributed by atoms with van der Waals surface area (Å²) < 4.78 is 18.1. The summed E-state index contributed by atoms with van der Waals surface area (Å²) >= 11 is 0. The van der Waals surface area contributed by atoms with Gasteiger partial charge in [-0.3, -0.25) is 4.79 Å². The van der Waals surface area contributed by atoms with Crippen LogP contribution in [0.4, 0.5) is 10.1 Å². The molecule has 0 bridgehead atoms. The molecule has 0 saturated carbocycles. The van der Waals surface area contributed by atoms with E-state index in [0.29, 0.717) is 12.3 Å². The number of nitrogens with two attached hydrogens (primary N) is 1. The molecule has 3 N–H and O–H groups in total. The Balaban J connectivity index is 2.31. The van der Waals surface area contributed by atoms with E-state index in [1.807, 2.05) is 24.3 Å². The van der Waals surface area contributed by atoms with Gasteiger partial charge in [0.2, 0.25) is 5.91 Å². The predicted molar refractivity (Wildman–Crippen MR) is 79.1 cm³/mol. The minimum Gasteiger partial charge on any atom is -0.380 e. The van der Waals surface area contributed by atoms with Crippen molar-refractivity contribution in [2.75, 3.05) is 12.4 Å². The molecule has 0 radical (unpaired) electrons. The first-order valence-electron chi connectivity index (χ1n) is 6.50. The second-order valence-electron chi connectivity index (χ2n) is 4.62. The standard InChI is InChI=1S/C16H17FN2O2/c1-21-10-11-4-2-3-5-14(11)15(16(18)20)19-13-8-6-12(17)7-9-13/h2-9,15,19H,10H2,1H3,(H2,18,20). The molecule has 0 heterocycles. The monoisotopic (exact) mass is 288 g/mol. The number of carbonyl (C=O) groups is 1. The fourth-order valence-corrected chi connectivity index (χ4v) is 2.12. The number of amides is 1. The van der Waals surface area contributed by atoms with Gasteiger partial charge in [-0.25, -0.2) is 4.39 Å². The van der Waals surface area contributed by atoms with Crippen LogP contribution in [0.15, 0.2) is 48.5 Å². The van der Waals surface area contributed by atoms with Crippen molar-refractivity contribution in [1.29, 1.82) is 0 Å². The van der Waals surface area contributed by atoms with E-state index >= 15 is 0 Å². The van der Waals surface area contributed by atoms with Crippen LogP contribution in [0.3, 0.4) is 0 Å². The quantitative estimate of drug-likeness (QED) is 0.858. The Morgan fingerprint density at radius 1 is 1.24 bits per heavy atom. The number of ether oxygens (including phenoxy) is 1. The first kappa shape index (κ1) is 15.0. The Hall–Kier alpha value is -2.40. The van der Waals surface area contributed by atoms with Crippen LogP contribution in [0.1, 0.15) is 17.2 Å². The molecule has 21 heavy (non-hydrogen) atoms. The van der Waals surface area contributed by atoms with Crippen molar-refractivity contribution in [3.63, 3.8) is 0 Å². The molecular formula is C16H17FN2O2. The van der Waals surface area contributed by atoms with Gasteiger partial charge in [0.25, 0.3) is 0 Å². The highest BCUT2D eigenvalue weighted by molar-refractivity contribution is 5.84. The van der Waals surface area contributed by atoms with Crippen LogP contribution in [-0.2, 0) is 16.1 Å². The van der Waals surface area contributed by atoms with Gasteiger partial charge in [0.05, 0.1) is 6.61 Å². The minimum absolute atomic E-state index is 0.337. The summed E-state index contributed by atoms with van der Waals surface area (Å²) in [5, 5.41) is 3.02. The molecule has 0 aromatic heterocycles. The van der Waals surface area contributed by atoms with Crippen LogP contribution in [0.25, 0.3) is 0 Å². The fraction of sp³-hybridized carbons (Fsp3) is 0.188. The molecule has 0 aliphatic heterocycles. The number of halogens is 1. The summed E-state index contributed by atoms with van der Waals surface area (Å²) in [7, 11) is 1.59. The molecule has 2 aromatic carbocycles. The average molecular weight is 288 g/mol. The van der Waals surface area contributed by atoms with Gasteiger partial charge in [0, 0.05) is 12.8 Å². The molecular weight excluding hydrogens is 271 g/mol. The number of primary amides is 1. The molecule has 0 fully saturated rings. The topological polar surface area (TPSA) is 64.3 Å². The molecule has 1 amide bonds. The Bertz CT molecular complexity index is 614. The zero-order valence-electron chi connectivity index (χ0n) is 11.7. The van der Waals surface area contributed by atoms with Crippen molar-refractivity contribution in [3.05, 3.63) is 65.5 Å². The lowest BCUT2D eigenvalue weighted by Crippen LogP contribution is -2.28. The number of hydrogen-bond acceptors (Lipinski definition) is 3. The number of hydrogen-bond donors (Lipinski definition) is 2. The van der Waals surface area contributed by atoms with Gasteiger partial charge in [0.15, 0.2) is 0 Å². The summed E-state index contributed by atoms with van der Waals surface area (Å²) in [6.07, 6.45) is 0. The summed E-state index contributed by atoms with van der Waals surface area (Å²) in [5.74, 6) is -0.848. The maximum Gasteiger partial charge on any atom is 0.244 e. The zero-order chi connectivity index (χ0) is 15.2. The first-order valence-corrected chi connectivity index (χ1v) is 6.50. The molecule has 1 atom stereocenters. The van der Waals surface area contributed by atoms with E-state index in [-0.39, 0.29) is 5.82 Å². The van der Waals surface area contributed by atoms with Gasteiger partial charge in [-0.15, -0.1) is 0 Å². The molecule has 0 spiro atoms. The molecule has 0 aliphatic carbocycles. The molecule has 5 heteroatoms. The maximum atomic E-state index is 12.9. The van der Waals surface area contributed by atoms with Gasteiger partial charge in [0.1, 0.15) is 11.9 Å². The Kier molecular flexibility index (Phi) is 4.90. The van der Waals surface area contributed by atoms with Gasteiger partial charge >= 0.3 is 0 Å². The first-order chi connectivity index (χ1) is 10.1. The van der Waals surface area contributed by atoms with E-state index in [0.717, 1.165) is 11.1 Å². The number of rotatable bonds is 6. The Morgan fingerprint density at radius 3 is 2.52 bits per heavy atom. The number of anilines is 1. The van der Waals surface area contributed by atoms with Crippen LogP contribution in [0, 0.1) is 5.82 Å². The summed E-state index contributed by atoms with van der Waals surface area (Å²) in [6, 6.07) is 12.4. The molecule has 1 unspecified atom stereocenters. The predicted octanol–water partition coefficient (Wildman–Crippen LogP) is 2.61. The number of benzene rings is 2. The van der Waals surface area contributed by atoms with Crippen molar-refractivity contribution in [1.82, 2.24) is 0 Å². The highest BCUT2D eigenvalue weighted by Gasteiger charge is 2.20. The largest absolute Gasteiger partial charge is 0.380 e. The van der Waals surface area contributed by atoms with E-state index < -0.39 is 11.9 Å². The summed E-state index contributed by atoms with van der Waals surface area (Å²) in [5.41, 5.74) is 7.73. The summed E-state index contributed by atoms with van der Waals surface area (Å²) in [4.78, 5) is 11.8. The summed E-state index contributed by atoms with van der Waals surface area (Å²) in [6.45, 7) is 0.380. The Labute approximate surface area is 122 Å². The molecule has 110 valence electrons. The Morgan fingerprint density at radius 2 is 1.90 bits per heavy atom. The highest BCUT2D eigenvalue weighted by atomic mass is 19.1. The molecule has 0 saturated heterocycles. The molecule has 4 nitrogen and oxygen atoms in total. The molecule has 2 rings (SSSR count). The number of nitrogens with one attached hydrogen (secondary N) is 1. The van der Waals surface area contributed by atoms with E-state index in [9.17, 15) is 9.18 Å². The second kappa shape index (κ2) is 6.85. The number of methoxy groups -OCH3 is 1. The smallest absolute Gasteiger partial charge is 0.244 e. The maximum absolute atomic E-state index is 12.9. The van der Waals surface area contributed by atoms with Crippen molar-refractivity contribution in [3.8, 4) is 0 Å². The van der Waals surface area contributed by atoms with Gasteiger partial charge in [-0.2, -0.15) is 0 Å². The van der Waals surface area contributed by atoms with E-state index in [1.54, 1.807) is 19.2 Å². The third kappa shape index (κ3) is 3.79. The lowest BCUT2D eigenvalue weighted by molar-refractivity contribution is -0.118. The van der Waals surface area contributed by atoms with Gasteiger partial charge in [-0.05, 0) is 35.4 Å². The fourth-order valence-electron chi connectivity index (χ4n) is 2.12. The van der Waals surface area contributed by atoms with E-state index in [1.165, 1.54) is 12.1 Å². The average Bonchev–Trinajstić information content (AvgIpc) is 2.47. The van der Waals surface area contributed by atoms with Gasteiger partial charge < -0.3 is 15.8 Å². The zero-order valence-corrected chi connectivity index (χ0v) is 11.7. The normalized spacial score (nSPS) is 11.9. The van der Waals surface area contributed by atoms with Crippen LogP contribution < -0.4 is 11.1 Å².